The van der Waals surface area contributed by atoms with Crippen LogP contribution < -0.4 is 9.46 Å². The van der Waals surface area contributed by atoms with Gasteiger partial charge < -0.3 is 4.74 Å². The minimum Gasteiger partial charge on any atom is -0.493 e. The third-order valence-electron chi connectivity index (χ3n) is 5.09. The molecule has 2 aliphatic carbocycles. The number of Topliss-reactive ketones (excluding diaryl/α,β-unsaturated/α-hetero) is 1. The van der Waals surface area contributed by atoms with E-state index in [2.05, 4.69) is 4.72 Å². The summed E-state index contributed by atoms with van der Waals surface area (Å²) in [5.74, 6) is 1.15. The summed E-state index contributed by atoms with van der Waals surface area (Å²) in [4.78, 5) is 11.8. The number of carbonyl (C=O) groups is 1. The molecule has 0 aliphatic heterocycles. The van der Waals surface area contributed by atoms with E-state index in [-0.39, 0.29) is 23.5 Å². The molecule has 0 heterocycles. The maximum atomic E-state index is 11.9. The molecule has 2 unspecified atom stereocenters. The molecule has 6 heteroatoms. The molecule has 1 fully saturated rings. The highest BCUT2D eigenvalue weighted by Crippen LogP contribution is 2.29. The van der Waals surface area contributed by atoms with E-state index < -0.39 is 10.0 Å². The normalized spacial score (nSPS) is 24.0. The van der Waals surface area contributed by atoms with Crippen molar-refractivity contribution < 1.29 is 17.9 Å². The summed E-state index contributed by atoms with van der Waals surface area (Å²) < 4.78 is 32.5. The van der Waals surface area contributed by atoms with Gasteiger partial charge in [-0.1, -0.05) is 18.9 Å². The monoisotopic (exact) mass is 351 g/mol. The summed E-state index contributed by atoms with van der Waals surface area (Å²) >= 11 is 0. The lowest BCUT2D eigenvalue weighted by molar-refractivity contribution is 0.0994. The van der Waals surface area contributed by atoms with Crippen molar-refractivity contribution in [3.63, 3.8) is 0 Å². The lowest BCUT2D eigenvalue weighted by atomic mass is 9.86. The van der Waals surface area contributed by atoms with Crippen LogP contribution in [0.15, 0.2) is 18.2 Å². The number of ether oxygens (including phenoxy) is 1. The molecular weight excluding hydrogens is 326 g/mol. The van der Waals surface area contributed by atoms with E-state index >= 15 is 0 Å². The van der Waals surface area contributed by atoms with Crippen molar-refractivity contribution in [3.05, 3.63) is 29.3 Å². The number of nitrogens with one attached hydrogen (secondary N) is 1. The first-order chi connectivity index (χ1) is 11.5. The number of benzene rings is 1. The summed E-state index contributed by atoms with van der Waals surface area (Å²) in [5, 5.41) is 0. The molecule has 0 radical (unpaired) electrons. The topological polar surface area (TPSA) is 72.5 Å². The Labute approximate surface area is 143 Å². The molecule has 0 amide bonds. The molecule has 0 spiro atoms. The quantitative estimate of drug-likeness (QED) is 0.855. The van der Waals surface area contributed by atoms with E-state index in [0.29, 0.717) is 18.8 Å². The number of hydrogen-bond acceptors (Lipinski definition) is 4. The van der Waals surface area contributed by atoms with Gasteiger partial charge in [0, 0.05) is 23.9 Å². The number of carbonyl (C=O) groups excluding carboxylic acids is 1. The summed E-state index contributed by atoms with van der Waals surface area (Å²) in [6.45, 7) is 2.13. The molecule has 1 N–H and O–H groups in total. The van der Waals surface area contributed by atoms with Crippen LogP contribution in [0.2, 0.25) is 0 Å². The molecule has 2 atom stereocenters. The van der Waals surface area contributed by atoms with Gasteiger partial charge in [0.05, 0.1) is 12.4 Å². The lowest BCUT2D eigenvalue weighted by Gasteiger charge is -2.31. The predicted molar refractivity (Wildman–Crippen MR) is 92.9 cm³/mol. The van der Waals surface area contributed by atoms with Gasteiger partial charge in [0.2, 0.25) is 10.0 Å². The van der Waals surface area contributed by atoms with Crippen LogP contribution in [-0.4, -0.2) is 32.6 Å². The minimum absolute atomic E-state index is 0.0558. The molecule has 1 saturated carbocycles. The second kappa shape index (κ2) is 7.23. The fourth-order valence-electron chi connectivity index (χ4n) is 3.59. The van der Waals surface area contributed by atoms with E-state index in [1.165, 1.54) is 0 Å². The maximum Gasteiger partial charge on any atom is 0.211 e. The maximum absolute atomic E-state index is 11.9. The van der Waals surface area contributed by atoms with E-state index in [1.807, 2.05) is 18.2 Å². The molecule has 5 nitrogen and oxygen atoms in total. The predicted octanol–water partition coefficient (Wildman–Crippen LogP) is 2.69. The van der Waals surface area contributed by atoms with Crippen molar-refractivity contribution in [2.45, 2.75) is 51.5 Å². The van der Waals surface area contributed by atoms with E-state index in [1.54, 1.807) is 6.92 Å². The molecule has 132 valence electrons. The average Bonchev–Trinajstić information content (AvgIpc) is 2.95. The Bertz CT molecular complexity index is 714. The Kier molecular flexibility index (Phi) is 5.25. The van der Waals surface area contributed by atoms with Gasteiger partial charge in [-0.2, -0.15) is 0 Å². The first-order valence-corrected chi connectivity index (χ1v) is 10.4. The zero-order valence-corrected chi connectivity index (χ0v) is 14.9. The van der Waals surface area contributed by atoms with Gasteiger partial charge in [0.15, 0.2) is 5.78 Å². The van der Waals surface area contributed by atoms with Gasteiger partial charge in [-0.25, -0.2) is 13.1 Å². The Morgan fingerprint density at radius 2 is 2.00 bits per heavy atom. The fourth-order valence-corrected chi connectivity index (χ4v) is 4.52. The highest BCUT2D eigenvalue weighted by Gasteiger charge is 2.29. The molecule has 1 aromatic carbocycles. The van der Waals surface area contributed by atoms with Gasteiger partial charge in [0.25, 0.3) is 0 Å². The molecule has 0 bridgehead atoms. The average molecular weight is 351 g/mol. The van der Waals surface area contributed by atoms with E-state index in [4.69, 9.17) is 4.74 Å². The van der Waals surface area contributed by atoms with Crippen molar-refractivity contribution in [2.75, 3.05) is 12.4 Å². The number of ketones is 1. The molecule has 3 rings (SSSR count). The van der Waals surface area contributed by atoms with Gasteiger partial charge >= 0.3 is 0 Å². The van der Waals surface area contributed by atoms with Crippen LogP contribution >= 0.6 is 0 Å². The van der Waals surface area contributed by atoms with Crippen molar-refractivity contribution in [1.29, 1.82) is 0 Å². The Morgan fingerprint density at radius 1 is 1.21 bits per heavy atom. The molecule has 2 aliphatic rings. The van der Waals surface area contributed by atoms with Gasteiger partial charge in [-0.3, -0.25) is 4.79 Å². The second-order valence-corrected chi connectivity index (χ2v) is 8.77. The van der Waals surface area contributed by atoms with Crippen molar-refractivity contribution in [1.82, 2.24) is 4.72 Å². The largest absolute Gasteiger partial charge is 0.493 e. The van der Waals surface area contributed by atoms with Crippen molar-refractivity contribution in [3.8, 4) is 5.75 Å². The van der Waals surface area contributed by atoms with Gasteiger partial charge in [-0.15, -0.1) is 0 Å². The van der Waals surface area contributed by atoms with Crippen LogP contribution in [0.5, 0.6) is 5.75 Å². The fraction of sp³-hybridized carbons (Fsp3) is 0.611. The van der Waals surface area contributed by atoms with Gasteiger partial charge in [0.1, 0.15) is 5.75 Å². The standard InChI is InChI=1S/C18H25NO4S/c1-2-24(21,22)19-17-6-4-3-5-14(17)12-23-15-9-7-13-8-10-18(20)16(13)11-15/h7,9,11,14,17,19H,2-6,8,10,12H2,1H3. The van der Waals surface area contributed by atoms with Gasteiger partial charge in [-0.05, 0) is 43.9 Å². The third-order valence-corrected chi connectivity index (χ3v) is 6.51. The van der Waals surface area contributed by atoms with Crippen LogP contribution in [0.3, 0.4) is 0 Å². The molecule has 1 aromatic rings. The second-order valence-electron chi connectivity index (χ2n) is 6.73. The first-order valence-electron chi connectivity index (χ1n) is 8.77. The molecule has 0 saturated heterocycles. The SMILES string of the molecule is CCS(=O)(=O)NC1CCCCC1COc1ccc2c(c1)C(=O)CC2. The van der Waals surface area contributed by atoms with Crippen molar-refractivity contribution >= 4 is 15.8 Å². The lowest BCUT2D eigenvalue weighted by Crippen LogP contribution is -2.44. The Balaban J connectivity index is 1.64. The van der Waals surface area contributed by atoms with Crippen LogP contribution in [0.25, 0.3) is 0 Å². The molecule has 0 aromatic heterocycles. The summed E-state index contributed by atoms with van der Waals surface area (Å²) in [5.41, 5.74) is 1.87. The summed E-state index contributed by atoms with van der Waals surface area (Å²) in [6, 6.07) is 5.65. The minimum atomic E-state index is -3.20. The zero-order chi connectivity index (χ0) is 17.2. The number of hydrogen-bond donors (Lipinski definition) is 1. The van der Waals surface area contributed by atoms with E-state index in [0.717, 1.165) is 43.2 Å². The highest BCUT2D eigenvalue weighted by atomic mass is 32.2. The summed E-state index contributed by atoms with van der Waals surface area (Å²) in [7, 11) is -3.20. The Hall–Kier alpha value is -1.40. The van der Waals surface area contributed by atoms with Crippen molar-refractivity contribution in [2.24, 2.45) is 5.92 Å². The van der Waals surface area contributed by atoms with E-state index in [9.17, 15) is 13.2 Å². The number of aryl methyl sites for hydroxylation is 1. The van der Waals surface area contributed by atoms with Crippen LogP contribution in [0.1, 0.15) is 54.9 Å². The van der Waals surface area contributed by atoms with Crippen LogP contribution in [-0.2, 0) is 16.4 Å². The van der Waals surface area contributed by atoms with Crippen LogP contribution in [0, 0.1) is 5.92 Å². The molecule has 24 heavy (non-hydrogen) atoms. The third kappa shape index (κ3) is 3.98. The number of fused-ring (bicyclic) bond motifs is 1. The van der Waals surface area contributed by atoms with Crippen LogP contribution in [0.4, 0.5) is 0 Å². The Morgan fingerprint density at radius 3 is 2.79 bits per heavy atom. The number of rotatable bonds is 6. The highest BCUT2D eigenvalue weighted by molar-refractivity contribution is 7.89. The summed E-state index contributed by atoms with van der Waals surface area (Å²) in [6.07, 6.45) is 5.36. The smallest absolute Gasteiger partial charge is 0.211 e. The zero-order valence-electron chi connectivity index (χ0n) is 14.1. The molecular formula is C18H25NO4S. The first kappa shape index (κ1) is 17.4. The number of sulfonamides is 1.